The number of hydrogen-bond acceptors (Lipinski definition) is 3. The van der Waals surface area contributed by atoms with Crippen molar-refractivity contribution >= 4 is 5.91 Å². The molecule has 1 unspecified atom stereocenters. The zero-order chi connectivity index (χ0) is 12.5. The average molecular weight is 235 g/mol. The molecule has 1 aliphatic heterocycles. The van der Waals surface area contributed by atoms with Crippen molar-refractivity contribution in [2.45, 2.75) is 26.4 Å². The minimum Gasteiger partial charge on any atom is -0.354 e. The van der Waals surface area contributed by atoms with E-state index in [0.29, 0.717) is 13.1 Å². The van der Waals surface area contributed by atoms with Gasteiger partial charge in [0.05, 0.1) is 6.04 Å². The molecule has 1 saturated heterocycles. The Balaban J connectivity index is 2.03. The third kappa shape index (κ3) is 2.55. The molecule has 1 aliphatic rings. The number of amides is 1. The first-order valence-electron chi connectivity index (χ1n) is 5.68. The Labute approximate surface area is 99.6 Å². The van der Waals surface area contributed by atoms with Crippen molar-refractivity contribution in [3.05, 3.63) is 34.2 Å². The summed E-state index contributed by atoms with van der Waals surface area (Å²) < 4.78 is 0. The second-order valence-electron chi connectivity index (χ2n) is 5.08. The molecule has 0 saturated carbocycles. The Kier molecular flexibility index (Phi) is 3.02. The van der Waals surface area contributed by atoms with Crippen LogP contribution in [-0.4, -0.2) is 23.5 Å². The van der Waals surface area contributed by atoms with Crippen LogP contribution in [0.25, 0.3) is 0 Å². The number of aromatic nitrogens is 1. The lowest BCUT2D eigenvalue weighted by atomic mass is 9.87. The molecule has 0 radical (unpaired) electrons. The van der Waals surface area contributed by atoms with Crippen molar-refractivity contribution in [1.29, 1.82) is 0 Å². The van der Waals surface area contributed by atoms with E-state index in [1.165, 1.54) is 6.07 Å². The first-order valence-corrected chi connectivity index (χ1v) is 5.68. The Morgan fingerprint density at radius 3 is 2.82 bits per heavy atom. The standard InChI is InChI=1S/C12H17N3O2/c1-12(2)7-15-11(17)10(12)14-6-8-3-4-13-9(16)5-8/h3-5,10,14H,6-7H2,1-2H3,(H,13,16)(H,15,17). The van der Waals surface area contributed by atoms with E-state index in [2.05, 4.69) is 15.6 Å². The molecule has 1 amide bonds. The summed E-state index contributed by atoms with van der Waals surface area (Å²) in [6, 6.07) is 3.16. The van der Waals surface area contributed by atoms with Crippen LogP contribution in [0.4, 0.5) is 0 Å². The van der Waals surface area contributed by atoms with E-state index in [-0.39, 0.29) is 22.9 Å². The van der Waals surface area contributed by atoms with E-state index in [9.17, 15) is 9.59 Å². The molecule has 3 N–H and O–H groups in total. The van der Waals surface area contributed by atoms with E-state index in [1.54, 1.807) is 6.20 Å². The first-order chi connectivity index (χ1) is 7.99. The molecule has 1 fully saturated rings. The molecule has 5 nitrogen and oxygen atoms in total. The fourth-order valence-electron chi connectivity index (χ4n) is 2.06. The minimum atomic E-state index is -0.207. The van der Waals surface area contributed by atoms with Gasteiger partial charge >= 0.3 is 0 Å². The normalized spacial score (nSPS) is 22.5. The molecule has 1 aromatic heterocycles. The molecule has 17 heavy (non-hydrogen) atoms. The van der Waals surface area contributed by atoms with E-state index in [0.717, 1.165) is 5.56 Å². The van der Waals surface area contributed by atoms with Crippen LogP contribution in [0.3, 0.4) is 0 Å². The van der Waals surface area contributed by atoms with Crippen LogP contribution in [0.1, 0.15) is 19.4 Å². The number of carbonyl (C=O) groups excluding carboxylic acids is 1. The summed E-state index contributed by atoms with van der Waals surface area (Å²) in [6.07, 6.45) is 1.61. The molecule has 2 heterocycles. The van der Waals surface area contributed by atoms with E-state index < -0.39 is 0 Å². The highest BCUT2D eigenvalue weighted by Crippen LogP contribution is 2.24. The SMILES string of the molecule is CC1(C)CNC(=O)C1NCc1cc[nH]c(=O)c1. The van der Waals surface area contributed by atoms with Gasteiger partial charge in [-0.2, -0.15) is 0 Å². The topological polar surface area (TPSA) is 74.0 Å². The number of carbonyl (C=O) groups is 1. The highest BCUT2D eigenvalue weighted by molar-refractivity contribution is 5.85. The van der Waals surface area contributed by atoms with Gasteiger partial charge in [-0.25, -0.2) is 0 Å². The van der Waals surface area contributed by atoms with Crippen molar-refractivity contribution in [1.82, 2.24) is 15.6 Å². The fraction of sp³-hybridized carbons (Fsp3) is 0.500. The van der Waals surface area contributed by atoms with Gasteiger partial charge in [-0.1, -0.05) is 13.8 Å². The Bertz CT molecular complexity index is 479. The second kappa shape index (κ2) is 4.33. The predicted octanol–water partition coefficient (Wildman–Crippen LogP) is -0.0109. The smallest absolute Gasteiger partial charge is 0.248 e. The van der Waals surface area contributed by atoms with E-state index >= 15 is 0 Å². The molecule has 0 bridgehead atoms. The average Bonchev–Trinajstić information content (AvgIpc) is 2.51. The third-order valence-corrected chi connectivity index (χ3v) is 3.11. The van der Waals surface area contributed by atoms with Gasteiger partial charge in [-0.15, -0.1) is 0 Å². The highest BCUT2D eigenvalue weighted by Gasteiger charge is 2.40. The summed E-state index contributed by atoms with van der Waals surface area (Å²) in [5, 5.41) is 6.04. The number of nitrogens with one attached hydrogen (secondary N) is 3. The molecule has 0 aliphatic carbocycles. The van der Waals surface area contributed by atoms with Gasteiger partial charge in [0, 0.05) is 30.8 Å². The molecule has 2 rings (SSSR count). The van der Waals surface area contributed by atoms with Gasteiger partial charge in [0.1, 0.15) is 0 Å². The quantitative estimate of drug-likeness (QED) is 0.690. The zero-order valence-corrected chi connectivity index (χ0v) is 10.0. The highest BCUT2D eigenvalue weighted by atomic mass is 16.2. The second-order valence-corrected chi connectivity index (χ2v) is 5.08. The van der Waals surface area contributed by atoms with Crippen LogP contribution < -0.4 is 16.2 Å². The maximum atomic E-state index is 11.6. The number of pyridine rings is 1. The number of rotatable bonds is 3. The van der Waals surface area contributed by atoms with Crippen LogP contribution in [0.15, 0.2) is 23.1 Å². The van der Waals surface area contributed by atoms with Crippen LogP contribution in [0.2, 0.25) is 0 Å². The number of hydrogen-bond donors (Lipinski definition) is 3. The van der Waals surface area contributed by atoms with Crippen LogP contribution >= 0.6 is 0 Å². The number of aromatic amines is 1. The minimum absolute atomic E-state index is 0.0276. The summed E-state index contributed by atoms with van der Waals surface area (Å²) in [5.74, 6) is 0.0276. The van der Waals surface area contributed by atoms with Gasteiger partial charge in [-0.05, 0) is 11.6 Å². The van der Waals surface area contributed by atoms with Gasteiger partial charge in [0.2, 0.25) is 11.5 Å². The third-order valence-electron chi connectivity index (χ3n) is 3.11. The summed E-state index contributed by atoms with van der Waals surface area (Å²) in [4.78, 5) is 25.3. The Hall–Kier alpha value is -1.62. The molecule has 92 valence electrons. The Morgan fingerprint density at radius 2 is 2.24 bits per heavy atom. The van der Waals surface area contributed by atoms with Gasteiger partial charge in [-0.3, -0.25) is 9.59 Å². The molecule has 1 atom stereocenters. The first kappa shape index (κ1) is 11.9. The summed E-state index contributed by atoms with van der Waals surface area (Å²) in [5.41, 5.74) is 0.654. The van der Waals surface area contributed by atoms with Crippen LogP contribution in [0.5, 0.6) is 0 Å². The van der Waals surface area contributed by atoms with Crippen molar-refractivity contribution in [2.75, 3.05) is 6.54 Å². The summed E-state index contributed by atoms with van der Waals surface area (Å²) >= 11 is 0. The molecule has 5 heteroatoms. The predicted molar refractivity (Wildman–Crippen MR) is 64.5 cm³/mol. The molecular weight excluding hydrogens is 218 g/mol. The van der Waals surface area contributed by atoms with Gasteiger partial charge in [0.15, 0.2) is 0 Å². The monoisotopic (exact) mass is 235 g/mol. The van der Waals surface area contributed by atoms with Gasteiger partial charge < -0.3 is 15.6 Å². The molecule has 1 aromatic rings. The van der Waals surface area contributed by atoms with Crippen molar-refractivity contribution < 1.29 is 4.79 Å². The Morgan fingerprint density at radius 1 is 1.47 bits per heavy atom. The molecule has 0 aromatic carbocycles. The van der Waals surface area contributed by atoms with Crippen LogP contribution in [0, 0.1) is 5.41 Å². The summed E-state index contributed by atoms with van der Waals surface area (Å²) in [7, 11) is 0. The maximum absolute atomic E-state index is 11.6. The molecule has 0 spiro atoms. The maximum Gasteiger partial charge on any atom is 0.248 e. The van der Waals surface area contributed by atoms with Gasteiger partial charge in [0.25, 0.3) is 0 Å². The van der Waals surface area contributed by atoms with Crippen molar-refractivity contribution in [3.63, 3.8) is 0 Å². The zero-order valence-electron chi connectivity index (χ0n) is 10.0. The lowest BCUT2D eigenvalue weighted by Gasteiger charge is -2.24. The van der Waals surface area contributed by atoms with Crippen molar-refractivity contribution in [2.24, 2.45) is 5.41 Å². The van der Waals surface area contributed by atoms with E-state index in [4.69, 9.17) is 0 Å². The lowest BCUT2D eigenvalue weighted by Crippen LogP contribution is -2.43. The lowest BCUT2D eigenvalue weighted by molar-refractivity contribution is -0.121. The fourth-order valence-corrected chi connectivity index (χ4v) is 2.06. The largest absolute Gasteiger partial charge is 0.354 e. The summed E-state index contributed by atoms with van der Waals surface area (Å²) in [6.45, 7) is 5.28. The van der Waals surface area contributed by atoms with E-state index in [1.807, 2.05) is 19.9 Å². The number of H-pyrrole nitrogens is 1. The van der Waals surface area contributed by atoms with Crippen LogP contribution in [-0.2, 0) is 11.3 Å². The molecular formula is C12H17N3O2. The van der Waals surface area contributed by atoms with Crippen molar-refractivity contribution in [3.8, 4) is 0 Å².